The molecule has 5 heteroatoms. The number of halogens is 4. The van der Waals surface area contributed by atoms with Crippen molar-refractivity contribution in [1.82, 2.24) is 0 Å². The standard InChI is InChI=1S/C9H8ClF3O/c1-5-2-3-6(7(10)4-5)8(14)9(11,12)13/h2-4,8,14H,1H3/t8-/m0/s1. The van der Waals surface area contributed by atoms with Gasteiger partial charge >= 0.3 is 6.18 Å². The van der Waals surface area contributed by atoms with Crippen molar-refractivity contribution < 1.29 is 18.3 Å². The fourth-order valence-corrected chi connectivity index (χ4v) is 1.37. The molecule has 1 aromatic rings. The SMILES string of the molecule is Cc1ccc([C@H](O)C(F)(F)F)c(Cl)c1. The maximum absolute atomic E-state index is 12.1. The Morgan fingerprint density at radius 2 is 1.93 bits per heavy atom. The summed E-state index contributed by atoms with van der Waals surface area (Å²) in [5.41, 5.74) is 0.429. The molecule has 78 valence electrons. The van der Waals surface area contributed by atoms with Gasteiger partial charge in [-0.1, -0.05) is 23.7 Å². The Morgan fingerprint density at radius 1 is 1.36 bits per heavy atom. The van der Waals surface area contributed by atoms with Gasteiger partial charge in [-0.3, -0.25) is 0 Å². The summed E-state index contributed by atoms with van der Waals surface area (Å²) in [4.78, 5) is 0. The van der Waals surface area contributed by atoms with Gasteiger partial charge in [0.15, 0.2) is 6.10 Å². The number of alkyl halides is 3. The van der Waals surface area contributed by atoms with Crippen LogP contribution in [0.5, 0.6) is 0 Å². The minimum absolute atomic E-state index is 0.0742. The number of aliphatic hydroxyl groups excluding tert-OH is 1. The molecular weight excluding hydrogens is 217 g/mol. The number of benzene rings is 1. The summed E-state index contributed by atoms with van der Waals surface area (Å²) in [6.07, 6.45) is -7.20. The van der Waals surface area contributed by atoms with Crippen LogP contribution < -0.4 is 0 Å². The number of aliphatic hydroxyl groups is 1. The molecule has 1 nitrogen and oxygen atoms in total. The summed E-state index contributed by atoms with van der Waals surface area (Å²) in [5.74, 6) is 0. The third kappa shape index (κ3) is 2.39. The lowest BCUT2D eigenvalue weighted by atomic mass is 10.1. The highest BCUT2D eigenvalue weighted by molar-refractivity contribution is 6.31. The van der Waals surface area contributed by atoms with Crippen LogP contribution in [0, 0.1) is 6.92 Å². The molecule has 0 radical (unpaired) electrons. The molecule has 0 saturated heterocycles. The minimum Gasteiger partial charge on any atom is -0.379 e. The van der Waals surface area contributed by atoms with E-state index in [1.165, 1.54) is 18.2 Å². The summed E-state index contributed by atoms with van der Waals surface area (Å²) in [6.45, 7) is 1.70. The van der Waals surface area contributed by atoms with Gasteiger partial charge in [0.25, 0.3) is 0 Å². The third-order valence-corrected chi connectivity index (χ3v) is 2.09. The van der Waals surface area contributed by atoms with E-state index in [0.29, 0.717) is 0 Å². The lowest BCUT2D eigenvalue weighted by molar-refractivity contribution is -0.206. The van der Waals surface area contributed by atoms with E-state index in [-0.39, 0.29) is 10.6 Å². The smallest absolute Gasteiger partial charge is 0.379 e. The predicted molar refractivity (Wildman–Crippen MR) is 47.2 cm³/mol. The maximum atomic E-state index is 12.1. The first-order valence-corrected chi connectivity index (χ1v) is 4.21. The average Bonchev–Trinajstić information content (AvgIpc) is 2.01. The van der Waals surface area contributed by atoms with Crippen LogP contribution >= 0.6 is 11.6 Å². The molecular formula is C9H8ClF3O. The predicted octanol–water partition coefficient (Wildman–Crippen LogP) is 3.24. The molecule has 0 saturated carbocycles. The van der Waals surface area contributed by atoms with Crippen LogP contribution in [0.1, 0.15) is 17.2 Å². The second-order valence-electron chi connectivity index (χ2n) is 2.97. The van der Waals surface area contributed by atoms with Gasteiger partial charge in [0, 0.05) is 10.6 Å². The molecule has 1 atom stereocenters. The van der Waals surface area contributed by atoms with Gasteiger partial charge < -0.3 is 5.11 Å². The number of rotatable bonds is 1. The first kappa shape index (κ1) is 11.3. The summed E-state index contributed by atoms with van der Waals surface area (Å²) < 4.78 is 36.3. The Bertz CT molecular complexity index is 335. The average molecular weight is 225 g/mol. The van der Waals surface area contributed by atoms with Crippen LogP contribution in [0.15, 0.2) is 18.2 Å². The topological polar surface area (TPSA) is 20.2 Å². The fraction of sp³-hybridized carbons (Fsp3) is 0.333. The second kappa shape index (κ2) is 3.79. The van der Waals surface area contributed by atoms with Crippen molar-refractivity contribution in [3.63, 3.8) is 0 Å². The molecule has 0 unspecified atom stereocenters. The molecule has 14 heavy (non-hydrogen) atoms. The van der Waals surface area contributed by atoms with Gasteiger partial charge in [0.05, 0.1) is 0 Å². The summed E-state index contributed by atoms with van der Waals surface area (Å²) in [6, 6.07) is 4.03. The molecule has 0 heterocycles. The van der Waals surface area contributed by atoms with E-state index in [2.05, 4.69) is 0 Å². The van der Waals surface area contributed by atoms with E-state index in [9.17, 15) is 13.2 Å². The number of hydrogen-bond acceptors (Lipinski definition) is 1. The van der Waals surface area contributed by atoms with E-state index in [4.69, 9.17) is 16.7 Å². The van der Waals surface area contributed by atoms with E-state index in [1.54, 1.807) is 6.92 Å². The second-order valence-corrected chi connectivity index (χ2v) is 3.38. The zero-order chi connectivity index (χ0) is 10.9. The van der Waals surface area contributed by atoms with Gasteiger partial charge in [0.2, 0.25) is 0 Å². The lowest BCUT2D eigenvalue weighted by Gasteiger charge is -2.16. The van der Waals surface area contributed by atoms with Gasteiger partial charge in [-0.2, -0.15) is 13.2 Å². The Hall–Kier alpha value is -0.740. The summed E-state index contributed by atoms with van der Waals surface area (Å²) in [5, 5.41) is 8.85. The van der Waals surface area contributed by atoms with Crippen LogP contribution in [0.4, 0.5) is 13.2 Å². The minimum atomic E-state index is -4.68. The normalized spacial score (nSPS) is 14.1. The van der Waals surface area contributed by atoms with Crippen LogP contribution in [0.3, 0.4) is 0 Å². The van der Waals surface area contributed by atoms with E-state index >= 15 is 0 Å². The molecule has 1 aromatic carbocycles. The first-order valence-electron chi connectivity index (χ1n) is 3.83. The zero-order valence-electron chi connectivity index (χ0n) is 7.27. The highest BCUT2D eigenvalue weighted by Gasteiger charge is 2.40. The van der Waals surface area contributed by atoms with Crippen molar-refractivity contribution >= 4 is 11.6 Å². The Kier molecular flexibility index (Phi) is 3.07. The lowest BCUT2D eigenvalue weighted by Crippen LogP contribution is -2.20. The highest BCUT2D eigenvalue weighted by Crippen LogP contribution is 2.35. The Morgan fingerprint density at radius 3 is 2.36 bits per heavy atom. The monoisotopic (exact) mass is 224 g/mol. The Balaban J connectivity index is 3.08. The summed E-state index contributed by atoms with van der Waals surface area (Å²) >= 11 is 5.57. The van der Waals surface area contributed by atoms with Crippen molar-refractivity contribution in [1.29, 1.82) is 0 Å². The van der Waals surface area contributed by atoms with Gasteiger partial charge in [-0.25, -0.2) is 0 Å². The van der Waals surface area contributed by atoms with Crippen molar-refractivity contribution in [3.8, 4) is 0 Å². The molecule has 0 aliphatic carbocycles. The van der Waals surface area contributed by atoms with Crippen molar-refractivity contribution in [2.45, 2.75) is 19.2 Å². The largest absolute Gasteiger partial charge is 0.418 e. The molecule has 1 N–H and O–H groups in total. The third-order valence-electron chi connectivity index (χ3n) is 1.76. The molecule has 0 bridgehead atoms. The highest BCUT2D eigenvalue weighted by atomic mass is 35.5. The fourth-order valence-electron chi connectivity index (χ4n) is 1.03. The van der Waals surface area contributed by atoms with E-state index in [1.807, 2.05) is 0 Å². The zero-order valence-corrected chi connectivity index (χ0v) is 8.02. The molecule has 0 fully saturated rings. The quantitative estimate of drug-likeness (QED) is 0.777. The molecule has 0 aromatic heterocycles. The van der Waals surface area contributed by atoms with Crippen LogP contribution in [-0.4, -0.2) is 11.3 Å². The van der Waals surface area contributed by atoms with Crippen molar-refractivity contribution in [3.05, 3.63) is 34.3 Å². The number of hydrogen-bond donors (Lipinski definition) is 1. The van der Waals surface area contributed by atoms with Crippen molar-refractivity contribution in [2.24, 2.45) is 0 Å². The molecule has 0 aliphatic heterocycles. The van der Waals surface area contributed by atoms with Crippen molar-refractivity contribution in [2.75, 3.05) is 0 Å². The molecule has 0 amide bonds. The molecule has 0 aliphatic rings. The van der Waals surface area contributed by atoms with Gasteiger partial charge in [0.1, 0.15) is 0 Å². The Labute approximate surface area is 84.1 Å². The van der Waals surface area contributed by atoms with E-state index in [0.717, 1.165) is 5.56 Å². The van der Waals surface area contributed by atoms with E-state index < -0.39 is 12.3 Å². The molecule has 0 spiro atoms. The van der Waals surface area contributed by atoms with Crippen LogP contribution in [0.25, 0.3) is 0 Å². The number of aryl methyl sites for hydroxylation is 1. The maximum Gasteiger partial charge on any atom is 0.418 e. The van der Waals surface area contributed by atoms with Crippen LogP contribution in [0.2, 0.25) is 5.02 Å². The first-order chi connectivity index (χ1) is 6.32. The molecule has 1 rings (SSSR count). The summed E-state index contributed by atoms with van der Waals surface area (Å²) in [7, 11) is 0. The van der Waals surface area contributed by atoms with Crippen LogP contribution in [-0.2, 0) is 0 Å². The van der Waals surface area contributed by atoms with Gasteiger partial charge in [-0.15, -0.1) is 0 Å². The van der Waals surface area contributed by atoms with Gasteiger partial charge in [-0.05, 0) is 18.6 Å².